The maximum Gasteiger partial charge on any atom is 0.224 e. The van der Waals surface area contributed by atoms with Gasteiger partial charge in [0.1, 0.15) is 17.2 Å². The number of rotatable bonds is 10. The first-order valence-corrected chi connectivity index (χ1v) is 9.83. The van der Waals surface area contributed by atoms with Gasteiger partial charge in [0.15, 0.2) is 0 Å². The van der Waals surface area contributed by atoms with Gasteiger partial charge in [-0.05, 0) is 54.4 Å². The molecule has 1 aromatic heterocycles. The van der Waals surface area contributed by atoms with Crippen molar-refractivity contribution in [1.29, 1.82) is 5.26 Å². The average Bonchev–Trinajstić information content (AvgIpc) is 2.80. The Morgan fingerprint density at radius 2 is 1.71 bits per heavy atom. The number of hydrogen-bond acceptors (Lipinski definition) is 6. The van der Waals surface area contributed by atoms with E-state index in [0.717, 1.165) is 17.1 Å². The summed E-state index contributed by atoms with van der Waals surface area (Å²) in [7, 11) is 1.61. The molecule has 0 aliphatic rings. The fourth-order valence-corrected chi connectivity index (χ4v) is 2.72. The molecule has 2 aromatic carbocycles. The minimum Gasteiger partial charge on any atom is -0.497 e. The van der Waals surface area contributed by atoms with Gasteiger partial charge in [0.05, 0.1) is 38.1 Å². The van der Waals surface area contributed by atoms with Crippen molar-refractivity contribution in [1.82, 2.24) is 4.98 Å². The van der Waals surface area contributed by atoms with Crippen LogP contribution in [0, 0.1) is 11.3 Å². The molecule has 0 saturated heterocycles. The van der Waals surface area contributed by atoms with E-state index in [1.54, 1.807) is 37.6 Å². The van der Waals surface area contributed by atoms with E-state index in [0.29, 0.717) is 43.2 Å². The number of carbonyl (C=O) groups excluding carboxylic acids is 1. The molecular formula is C24H23N3O4. The topological polar surface area (TPSA) is 93.5 Å². The van der Waals surface area contributed by atoms with Crippen molar-refractivity contribution in [2.45, 2.75) is 19.3 Å². The SMILES string of the molecule is COc1ccc(OCCCC(=O)Nc2ccc(Oc3ccc(CC#N)cc3)nc2)cc1. The molecule has 0 spiro atoms. The van der Waals surface area contributed by atoms with Crippen LogP contribution < -0.4 is 19.5 Å². The van der Waals surface area contributed by atoms with Crippen LogP contribution in [0.25, 0.3) is 0 Å². The van der Waals surface area contributed by atoms with Gasteiger partial charge in [-0.25, -0.2) is 4.98 Å². The van der Waals surface area contributed by atoms with Crippen LogP contribution in [-0.2, 0) is 11.2 Å². The number of methoxy groups -OCH3 is 1. The number of anilines is 1. The van der Waals surface area contributed by atoms with E-state index in [1.807, 2.05) is 36.4 Å². The lowest BCUT2D eigenvalue weighted by Crippen LogP contribution is -2.13. The lowest BCUT2D eigenvalue weighted by molar-refractivity contribution is -0.116. The van der Waals surface area contributed by atoms with Crippen LogP contribution in [0.15, 0.2) is 66.9 Å². The van der Waals surface area contributed by atoms with Gasteiger partial charge in [0.2, 0.25) is 11.8 Å². The predicted octanol–water partition coefficient (Wildman–Crippen LogP) is 4.75. The second kappa shape index (κ2) is 11.2. The maximum absolute atomic E-state index is 12.1. The molecule has 0 bridgehead atoms. The zero-order chi connectivity index (χ0) is 21.9. The smallest absolute Gasteiger partial charge is 0.224 e. The monoisotopic (exact) mass is 417 g/mol. The zero-order valence-electron chi connectivity index (χ0n) is 17.2. The number of amides is 1. The van der Waals surface area contributed by atoms with Crippen molar-refractivity contribution in [3.05, 3.63) is 72.4 Å². The van der Waals surface area contributed by atoms with E-state index in [1.165, 1.54) is 0 Å². The molecule has 0 unspecified atom stereocenters. The molecule has 0 radical (unpaired) electrons. The largest absolute Gasteiger partial charge is 0.497 e. The number of nitriles is 1. The summed E-state index contributed by atoms with van der Waals surface area (Å²) in [6, 6.07) is 20.1. The molecule has 7 heteroatoms. The average molecular weight is 417 g/mol. The highest BCUT2D eigenvalue weighted by Crippen LogP contribution is 2.21. The minimum atomic E-state index is -0.109. The van der Waals surface area contributed by atoms with Gasteiger partial charge in [-0.2, -0.15) is 5.26 Å². The second-order valence-electron chi connectivity index (χ2n) is 6.64. The van der Waals surface area contributed by atoms with Crippen molar-refractivity contribution in [2.24, 2.45) is 0 Å². The Morgan fingerprint density at radius 1 is 1.00 bits per heavy atom. The highest BCUT2D eigenvalue weighted by molar-refractivity contribution is 5.90. The summed E-state index contributed by atoms with van der Waals surface area (Å²) in [6.45, 7) is 0.442. The van der Waals surface area contributed by atoms with Gasteiger partial charge in [0.25, 0.3) is 0 Å². The Bertz CT molecular complexity index is 1010. The number of benzene rings is 2. The molecule has 3 aromatic rings. The summed E-state index contributed by atoms with van der Waals surface area (Å²) in [5, 5.41) is 11.5. The lowest BCUT2D eigenvalue weighted by Gasteiger charge is -2.09. The molecule has 1 amide bonds. The fraction of sp³-hybridized carbons (Fsp3) is 0.208. The molecule has 0 aliphatic carbocycles. The number of pyridine rings is 1. The minimum absolute atomic E-state index is 0.109. The van der Waals surface area contributed by atoms with Gasteiger partial charge < -0.3 is 19.5 Å². The van der Waals surface area contributed by atoms with Gasteiger partial charge >= 0.3 is 0 Å². The highest BCUT2D eigenvalue weighted by Gasteiger charge is 2.05. The molecule has 0 saturated carbocycles. The summed E-state index contributed by atoms with van der Waals surface area (Å²) in [6.07, 6.45) is 2.84. The first-order chi connectivity index (χ1) is 15.2. The van der Waals surface area contributed by atoms with Crippen LogP contribution in [-0.4, -0.2) is 24.6 Å². The quantitative estimate of drug-likeness (QED) is 0.479. The van der Waals surface area contributed by atoms with Gasteiger partial charge in [0, 0.05) is 12.5 Å². The first-order valence-electron chi connectivity index (χ1n) is 9.83. The lowest BCUT2D eigenvalue weighted by atomic mass is 10.2. The van der Waals surface area contributed by atoms with Crippen LogP contribution in [0.5, 0.6) is 23.1 Å². The molecule has 1 heterocycles. The number of aromatic nitrogens is 1. The van der Waals surface area contributed by atoms with Crippen LogP contribution in [0.2, 0.25) is 0 Å². The number of ether oxygens (including phenoxy) is 3. The standard InChI is InChI=1S/C24H23N3O4/c1-29-20-9-11-21(12-10-20)30-16-2-3-23(28)27-19-6-13-24(26-17-19)31-22-7-4-18(5-8-22)14-15-25/h4-13,17H,2-3,14,16H2,1H3,(H,27,28). The molecule has 158 valence electrons. The van der Waals surface area contributed by atoms with Crippen LogP contribution in [0.4, 0.5) is 5.69 Å². The molecular weight excluding hydrogens is 394 g/mol. The van der Waals surface area contributed by atoms with Crippen molar-refractivity contribution in [3.63, 3.8) is 0 Å². The Morgan fingerprint density at radius 3 is 2.35 bits per heavy atom. The summed E-state index contributed by atoms with van der Waals surface area (Å²) in [4.78, 5) is 16.3. The highest BCUT2D eigenvalue weighted by atomic mass is 16.5. The molecule has 7 nitrogen and oxygen atoms in total. The van der Waals surface area contributed by atoms with E-state index in [9.17, 15) is 4.79 Å². The van der Waals surface area contributed by atoms with Crippen LogP contribution >= 0.6 is 0 Å². The van der Waals surface area contributed by atoms with Crippen LogP contribution in [0.3, 0.4) is 0 Å². The maximum atomic E-state index is 12.1. The van der Waals surface area contributed by atoms with Crippen molar-refractivity contribution < 1.29 is 19.0 Å². The molecule has 0 aliphatic heterocycles. The fourth-order valence-electron chi connectivity index (χ4n) is 2.72. The number of carbonyl (C=O) groups is 1. The number of hydrogen-bond donors (Lipinski definition) is 1. The molecule has 3 rings (SSSR count). The van der Waals surface area contributed by atoms with Crippen molar-refractivity contribution in [2.75, 3.05) is 19.0 Å². The summed E-state index contributed by atoms with van der Waals surface area (Å²) in [5.41, 5.74) is 1.52. The first kappa shape index (κ1) is 21.7. The third kappa shape index (κ3) is 7.05. The molecule has 0 fully saturated rings. The Hall–Kier alpha value is -4.05. The predicted molar refractivity (Wildman–Crippen MR) is 116 cm³/mol. The Balaban J connectivity index is 1.39. The van der Waals surface area contributed by atoms with E-state index < -0.39 is 0 Å². The third-order valence-electron chi connectivity index (χ3n) is 4.33. The molecule has 1 N–H and O–H groups in total. The normalized spacial score (nSPS) is 10.1. The summed E-state index contributed by atoms with van der Waals surface area (Å²) in [5.74, 6) is 2.44. The zero-order valence-corrected chi connectivity index (χ0v) is 17.2. The number of nitrogens with zero attached hydrogens (tertiary/aromatic N) is 2. The van der Waals surface area contributed by atoms with E-state index in [4.69, 9.17) is 19.5 Å². The second-order valence-corrected chi connectivity index (χ2v) is 6.64. The van der Waals surface area contributed by atoms with Gasteiger partial charge in [-0.1, -0.05) is 12.1 Å². The third-order valence-corrected chi connectivity index (χ3v) is 4.33. The molecule has 0 atom stereocenters. The summed E-state index contributed by atoms with van der Waals surface area (Å²) >= 11 is 0. The van der Waals surface area contributed by atoms with Gasteiger partial charge in [-0.3, -0.25) is 4.79 Å². The molecule has 31 heavy (non-hydrogen) atoms. The Labute approximate surface area is 181 Å². The Kier molecular flexibility index (Phi) is 7.83. The van der Waals surface area contributed by atoms with Crippen molar-refractivity contribution in [3.8, 4) is 29.2 Å². The van der Waals surface area contributed by atoms with Crippen molar-refractivity contribution >= 4 is 11.6 Å². The van der Waals surface area contributed by atoms with E-state index >= 15 is 0 Å². The summed E-state index contributed by atoms with van der Waals surface area (Å²) < 4.78 is 16.4. The van der Waals surface area contributed by atoms with E-state index in [2.05, 4.69) is 16.4 Å². The van der Waals surface area contributed by atoms with E-state index in [-0.39, 0.29) is 5.91 Å². The van der Waals surface area contributed by atoms with Crippen LogP contribution in [0.1, 0.15) is 18.4 Å². The number of nitrogens with one attached hydrogen (secondary N) is 1. The van der Waals surface area contributed by atoms with Gasteiger partial charge in [-0.15, -0.1) is 0 Å².